The maximum Gasteiger partial charge on any atom is 0.273 e. The summed E-state index contributed by atoms with van der Waals surface area (Å²) in [6.45, 7) is 1.47. The molecule has 1 heterocycles. The van der Waals surface area contributed by atoms with Crippen molar-refractivity contribution >= 4 is 46.7 Å². The fraction of sp³-hybridized carbons (Fsp3) is 0.273. The van der Waals surface area contributed by atoms with Crippen LogP contribution in [0.4, 0.5) is 0 Å². The molecule has 0 bridgehead atoms. The third-order valence-electron chi connectivity index (χ3n) is 4.96. The smallest absolute Gasteiger partial charge is 0.273 e. The van der Waals surface area contributed by atoms with E-state index in [1.807, 2.05) is 0 Å². The van der Waals surface area contributed by atoms with Crippen LogP contribution < -0.4 is 4.74 Å². The number of piperidine rings is 1. The molecule has 0 saturated carbocycles. The second kappa shape index (κ2) is 9.49. The molecule has 0 unspecified atom stereocenters. The number of Topliss-reactive ketones (excluding diaryl/α,β-unsaturated/α-hetero) is 1. The molecule has 1 atom stereocenters. The number of hydrazine groups is 1. The molecule has 9 heteroatoms. The van der Waals surface area contributed by atoms with Crippen LogP contribution in [0.5, 0.6) is 5.75 Å². The lowest BCUT2D eigenvalue weighted by atomic mass is 10.0. The van der Waals surface area contributed by atoms with Crippen molar-refractivity contribution in [3.05, 3.63) is 63.6 Å². The Bertz CT molecular complexity index is 1020. The van der Waals surface area contributed by atoms with E-state index < -0.39 is 29.5 Å². The molecule has 2 aromatic rings. The fourth-order valence-electron chi connectivity index (χ4n) is 3.29. The van der Waals surface area contributed by atoms with Crippen LogP contribution in [0.15, 0.2) is 42.5 Å². The second-order valence-electron chi connectivity index (χ2n) is 7.00. The van der Waals surface area contributed by atoms with Gasteiger partial charge in [0.1, 0.15) is 11.8 Å². The first-order chi connectivity index (χ1) is 14.7. The van der Waals surface area contributed by atoms with Gasteiger partial charge in [0.2, 0.25) is 11.8 Å². The number of carbonyl (C=O) groups is 4. The Morgan fingerprint density at radius 2 is 1.55 bits per heavy atom. The van der Waals surface area contributed by atoms with Gasteiger partial charge in [-0.25, -0.2) is 5.01 Å². The number of hydrogen-bond donors (Lipinski definition) is 0. The van der Waals surface area contributed by atoms with Crippen molar-refractivity contribution in [2.75, 3.05) is 7.11 Å². The van der Waals surface area contributed by atoms with E-state index in [0.717, 1.165) is 10.0 Å². The van der Waals surface area contributed by atoms with Gasteiger partial charge in [-0.05, 0) is 55.8 Å². The third kappa shape index (κ3) is 4.73. The van der Waals surface area contributed by atoms with E-state index in [2.05, 4.69) is 0 Å². The number of imide groups is 1. The first-order valence-electron chi connectivity index (χ1n) is 9.57. The molecule has 162 valence electrons. The Kier molecular flexibility index (Phi) is 6.97. The van der Waals surface area contributed by atoms with E-state index in [0.29, 0.717) is 17.7 Å². The molecule has 7 nitrogen and oxygen atoms in total. The van der Waals surface area contributed by atoms with Gasteiger partial charge >= 0.3 is 0 Å². The van der Waals surface area contributed by atoms with Crippen molar-refractivity contribution in [2.24, 2.45) is 0 Å². The van der Waals surface area contributed by atoms with Gasteiger partial charge < -0.3 is 4.74 Å². The standard InChI is InChI=1S/C22H20Cl2N2O5/c1-13(21(29)14-6-9-16(31-2)10-7-14)25(26-19(27)4-3-5-20(26)28)22(30)15-8-11-17(23)18(24)12-15/h6-13H,3-5H2,1-2H3/t13-/m1/s1. The second-order valence-corrected chi connectivity index (χ2v) is 7.81. The van der Waals surface area contributed by atoms with Crippen molar-refractivity contribution in [1.82, 2.24) is 10.0 Å². The highest BCUT2D eigenvalue weighted by molar-refractivity contribution is 6.42. The van der Waals surface area contributed by atoms with E-state index in [-0.39, 0.29) is 28.5 Å². The van der Waals surface area contributed by atoms with Crippen molar-refractivity contribution in [3.63, 3.8) is 0 Å². The predicted octanol–water partition coefficient (Wildman–Crippen LogP) is 4.17. The first kappa shape index (κ1) is 22.8. The third-order valence-corrected chi connectivity index (χ3v) is 5.70. The average Bonchev–Trinajstić information content (AvgIpc) is 2.77. The molecule has 0 N–H and O–H groups in total. The van der Waals surface area contributed by atoms with Crippen molar-refractivity contribution in [1.29, 1.82) is 0 Å². The molecule has 0 aliphatic carbocycles. The van der Waals surface area contributed by atoms with Gasteiger partial charge in [0.05, 0.1) is 17.2 Å². The van der Waals surface area contributed by atoms with Gasteiger partial charge in [-0.1, -0.05) is 23.2 Å². The average molecular weight is 463 g/mol. The van der Waals surface area contributed by atoms with E-state index in [1.54, 1.807) is 24.3 Å². The Morgan fingerprint density at radius 3 is 2.10 bits per heavy atom. The van der Waals surface area contributed by atoms with Crippen LogP contribution in [-0.2, 0) is 9.59 Å². The molecule has 1 fully saturated rings. The Labute approximate surface area is 189 Å². The first-order valence-corrected chi connectivity index (χ1v) is 10.3. The summed E-state index contributed by atoms with van der Waals surface area (Å²) in [4.78, 5) is 51.7. The minimum atomic E-state index is -1.14. The number of benzene rings is 2. The van der Waals surface area contributed by atoms with Gasteiger partial charge in [0, 0.05) is 24.0 Å². The van der Waals surface area contributed by atoms with Crippen LogP contribution in [0, 0.1) is 0 Å². The van der Waals surface area contributed by atoms with E-state index in [4.69, 9.17) is 27.9 Å². The molecule has 1 aliphatic heterocycles. The largest absolute Gasteiger partial charge is 0.497 e. The summed E-state index contributed by atoms with van der Waals surface area (Å²) >= 11 is 12.0. The van der Waals surface area contributed by atoms with E-state index in [1.165, 1.54) is 32.2 Å². The zero-order valence-corrected chi connectivity index (χ0v) is 18.4. The number of ether oxygens (including phenoxy) is 1. The van der Waals surface area contributed by atoms with E-state index in [9.17, 15) is 19.2 Å². The topological polar surface area (TPSA) is 84.0 Å². The molecular formula is C22H20Cl2N2O5. The molecule has 0 spiro atoms. The number of carbonyl (C=O) groups excluding carboxylic acids is 4. The normalized spacial score (nSPS) is 14.9. The van der Waals surface area contributed by atoms with Gasteiger partial charge in [0.15, 0.2) is 5.78 Å². The number of hydrogen-bond acceptors (Lipinski definition) is 5. The molecule has 2 aromatic carbocycles. The number of halogens is 2. The van der Waals surface area contributed by atoms with Gasteiger partial charge in [-0.2, -0.15) is 5.01 Å². The van der Waals surface area contributed by atoms with Crippen LogP contribution in [0.3, 0.4) is 0 Å². The number of rotatable bonds is 6. The molecule has 3 amide bonds. The number of ketones is 1. The van der Waals surface area contributed by atoms with Gasteiger partial charge in [-0.3, -0.25) is 19.2 Å². The van der Waals surface area contributed by atoms with Crippen LogP contribution in [0.2, 0.25) is 10.0 Å². The summed E-state index contributed by atoms with van der Waals surface area (Å²) in [5.74, 6) is -1.67. The zero-order valence-electron chi connectivity index (χ0n) is 16.9. The SMILES string of the molecule is COc1ccc(C(=O)[C@@H](C)N(C(=O)c2ccc(Cl)c(Cl)c2)N2C(=O)CCCC2=O)cc1. The Hall–Kier alpha value is -2.90. The minimum Gasteiger partial charge on any atom is -0.497 e. The Morgan fingerprint density at radius 1 is 0.968 bits per heavy atom. The number of amides is 3. The van der Waals surface area contributed by atoms with Crippen LogP contribution in [0.25, 0.3) is 0 Å². The highest BCUT2D eigenvalue weighted by Gasteiger charge is 2.40. The van der Waals surface area contributed by atoms with Gasteiger partial charge in [0.25, 0.3) is 5.91 Å². The molecule has 3 rings (SSSR count). The van der Waals surface area contributed by atoms with Crippen LogP contribution in [-0.4, -0.2) is 46.7 Å². The molecule has 0 radical (unpaired) electrons. The summed E-state index contributed by atoms with van der Waals surface area (Å²) in [6, 6.07) is 9.39. The van der Waals surface area contributed by atoms with Gasteiger partial charge in [-0.15, -0.1) is 0 Å². The summed E-state index contributed by atoms with van der Waals surface area (Å²) in [7, 11) is 1.50. The maximum atomic E-state index is 13.4. The lowest BCUT2D eigenvalue weighted by Crippen LogP contribution is -2.59. The van der Waals surface area contributed by atoms with Crippen LogP contribution in [0.1, 0.15) is 46.9 Å². The lowest BCUT2D eigenvalue weighted by molar-refractivity contribution is -0.165. The number of nitrogens with zero attached hydrogens (tertiary/aromatic N) is 2. The van der Waals surface area contributed by atoms with E-state index >= 15 is 0 Å². The molecule has 1 saturated heterocycles. The number of methoxy groups -OCH3 is 1. The molecular weight excluding hydrogens is 443 g/mol. The Balaban J connectivity index is 2.02. The highest BCUT2D eigenvalue weighted by atomic mass is 35.5. The van der Waals surface area contributed by atoms with Crippen molar-refractivity contribution < 1.29 is 23.9 Å². The molecule has 0 aromatic heterocycles. The predicted molar refractivity (Wildman–Crippen MR) is 115 cm³/mol. The molecule has 1 aliphatic rings. The summed E-state index contributed by atoms with van der Waals surface area (Å²) in [5.41, 5.74) is 0.395. The fourth-order valence-corrected chi connectivity index (χ4v) is 3.59. The summed E-state index contributed by atoms with van der Waals surface area (Å²) in [6.07, 6.45) is 0.588. The van der Waals surface area contributed by atoms with Crippen LogP contribution >= 0.6 is 23.2 Å². The minimum absolute atomic E-state index is 0.0926. The summed E-state index contributed by atoms with van der Waals surface area (Å²) in [5, 5.41) is 2.08. The quantitative estimate of drug-likeness (QED) is 0.475. The maximum absolute atomic E-state index is 13.4. The highest BCUT2D eigenvalue weighted by Crippen LogP contribution is 2.26. The summed E-state index contributed by atoms with van der Waals surface area (Å²) < 4.78 is 5.10. The molecule has 31 heavy (non-hydrogen) atoms. The van der Waals surface area contributed by atoms with Crippen molar-refractivity contribution in [2.45, 2.75) is 32.2 Å². The zero-order chi connectivity index (χ0) is 22.7. The monoisotopic (exact) mass is 462 g/mol. The van der Waals surface area contributed by atoms with Crippen molar-refractivity contribution in [3.8, 4) is 5.75 Å². The lowest BCUT2D eigenvalue weighted by Gasteiger charge is -2.38.